The molecule has 24 heavy (non-hydrogen) atoms. The van der Waals surface area contributed by atoms with Gasteiger partial charge in [0.25, 0.3) is 0 Å². The lowest BCUT2D eigenvalue weighted by molar-refractivity contribution is -0.251. The van der Waals surface area contributed by atoms with Crippen LogP contribution in [0.1, 0.15) is 52.9 Å². The number of fused-ring (bicyclic) bond motifs is 3. The number of hydrogen-bond acceptors (Lipinski definition) is 4. The van der Waals surface area contributed by atoms with E-state index in [-0.39, 0.29) is 29.3 Å². The maximum atomic E-state index is 11.2. The van der Waals surface area contributed by atoms with Crippen molar-refractivity contribution in [3.8, 4) is 0 Å². The van der Waals surface area contributed by atoms with Crippen LogP contribution in [0.4, 0.5) is 0 Å². The molecular formula is C20H32O4. The average molecular weight is 336 g/mol. The van der Waals surface area contributed by atoms with Crippen molar-refractivity contribution in [1.29, 1.82) is 0 Å². The molecule has 136 valence electrons. The van der Waals surface area contributed by atoms with Crippen molar-refractivity contribution < 1.29 is 20.4 Å². The third-order valence-corrected chi connectivity index (χ3v) is 8.91. The minimum Gasteiger partial charge on any atom is -0.396 e. The van der Waals surface area contributed by atoms with E-state index in [0.717, 1.165) is 19.3 Å². The third-order valence-electron chi connectivity index (χ3n) is 8.91. The van der Waals surface area contributed by atoms with Crippen molar-refractivity contribution in [1.82, 2.24) is 0 Å². The van der Waals surface area contributed by atoms with Crippen LogP contribution < -0.4 is 0 Å². The Bertz CT molecular complexity index is 576. The van der Waals surface area contributed by atoms with E-state index in [1.54, 1.807) is 0 Å². The van der Waals surface area contributed by atoms with Crippen molar-refractivity contribution in [2.24, 2.45) is 33.5 Å². The molecule has 0 saturated heterocycles. The summed E-state index contributed by atoms with van der Waals surface area (Å²) in [4.78, 5) is 0. The molecule has 1 spiro atoms. The Labute approximate surface area is 144 Å². The van der Waals surface area contributed by atoms with E-state index in [0.29, 0.717) is 12.8 Å². The van der Waals surface area contributed by atoms with Gasteiger partial charge in [-0.1, -0.05) is 32.9 Å². The van der Waals surface area contributed by atoms with Crippen molar-refractivity contribution >= 4 is 0 Å². The fourth-order valence-corrected chi connectivity index (χ4v) is 7.28. The second-order valence-corrected chi connectivity index (χ2v) is 9.86. The van der Waals surface area contributed by atoms with E-state index in [2.05, 4.69) is 26.0 Å². The fraction of sp³-hybridized carbons (Fsp3) is 0.900. The van der Waals surface area contributed by atoms with Crippen molar-refractivity contribution in [2.75, 3.05) is 6.61 Å². The molecule has 4 heteroatoms. The molecule has 9 atom stereocenters. The van der Waals surface area contributed by atoms with Gasteiger partial charge in [0.15, 0.2) is 0 Å². The van der Waals surface area contributed by atoms with Gasteiger partial charge in [-0.25, -0.2) is 0 Å². The van der Waals surface area contributed by atoms with E-state index in [4.69, 9.17) is 0 Å². The summed E-state index contributed by atoms with van der Waals surface area (Å²) < 4.78 is 0. The number of aliphatic hydroxyl groups is 4. The van der Waals surface area contributed by atoms with E-state index >= 15 is 0 Å². The highest BCUT2D eigenvalue weighted by Crippen LogP contribution is 2.71. The molecule has 0 radical (unpaired) electrons. The van der Waals surface area contributed by atoms with E-state index < -0.39 is 29.1 Å². The molecule has 4 aliphatic rings. The van der Waals surface area contributed by atoms with Gasteiger partial charge in [-0.05, 0) is 49.4 Å². The molecule has 0 aliphatic heterocycles. The van der Waals surface area contributed by atoms with Crippen molar-refractivity contribution in [3.05, 3.63) is 12.2 Å². The minimum absolute atomic E-state index is 0.0586. The average Bonchev–Trinajstić information content (AvgIpc) is 2.71. The van der Waals surface area contributed by atoms with Crippen LogP contribution in [0.25, 0.3) is 0 Å². The zero-order valence-electron chi connectivity index (χ0n) is 15.1. The standard InChI is InChI=1S/C20H32O4/c1-17-6-4-12-18(2)7-5-14(22)19(3,11-21)13(18)10-15(23)20(12,9-8-17)16(17)24/h8-9,12-16,21-24H,4-7,10-11H2,1-3H3/t12-,13-,14+,15-,16-,17+,18-,19+,20+/m0/s1. The van der Waals surface area contributed by atoms with Crippen LogP contribution >= 0.6 is 0 Å². The first-order chi connectivity index (χ1) is 11.1. The first kappa shape index (κ1) is 17.0. The van der Waals surface area contributed by atoms with Crippen molar-refractivity contribution in [3.63, 3.8) is 0 Å². The maximum absolute atomic E-state index is 11.2. The zero-order chi connectivity index (χ0) is 17.5. The summed E-state index contributed by atoms with van der Waals surface area (Å²) in [5.41, 5.74) is -1.44. The molecule has 0 aromatic heterocycles. The number of rotatable bonds is 1. The molecule has 3 saturated carbocycles. The molecule has 4 rings (SSSR count). The van der Waals surface area contributed by atoms with Crippen molar-refractivity contribution in [2.45, 2.75) is 71.2 Å². The van der Waals surface area contributed by atoms with Crippen LogP contribution in [0.2, 0.25) is 0 Å². The number of hydrogen-bond donors (Lipinski definition) is 4. The molecule has 0 aromatic rings. The Balaban J connectivity index is 1.82. The molecular weight excluding hydrogens is 304 g/mol. The molecule has 0 unspecified atom stereocenters. The Hall–Kier alpha value is -0.420. The first-order valence-corrected chi connectivity index (χ1v) is 9.50. The largest absolute Gasteiger partial charge is 0.396 e. The van der Waals surface area contributed by atoms with Gasteiger partial charge in [0.05, 0.1) is 24.9 Å². The monoisotopic (exact) mass is 336 g/mol. The molecule has 0 heterocycles. The van der Waals surface area contributed by atoms with Gasteiger partial charge in [0.2, 0.25) is 0 Å². The Morgan fingerprint density at radius 3 is 2.29 bits per heavy atom. The Kier molecular flexibility index (Phi) is 3.44. The highest BCUT2D eigenvalue weighted by molar-refractivity contribution is 5.31. The predicted octanol–water partition coefficient (Wildman–Crippen LogP) is 1.86. The second-order valence-electron chi connectivity index (χ2n) is 9.86. The summed E-state index contributed by atoms with van der Waals surface area (Å²) in [6, 6.07) is 0. The van der Waals surface area contributed by atoms with Gasteiger partial charge in [-0.2, -0.15) is 0 Å². The van der Waals surface area contributed by atoms with Crippen LogP contribution in [0, 0.1) is 33.5 Å². The van der Waals surface area contributed by atoms with Gasteiger partial charge >= 0.3 is 0 Å². The highest BCUT2D eigenvalue weighted by atomic mass is 16.3. The zero-order valence-corrected chi connectivity index (χ0v) is 15.1. The highest BCUT2D eigenvalue weighted by Gasteiger charge is 2.71. The van der Waals surface area contributed by atoms with E-state index in [9.17, 15) is 20.4 Å². The van der Waals surface area contributed by atoms with Gasteiger partial charge in [-0.3, -0.25) is 0 Å². The topological polar surface area (TPSA) is 80.9 Å². The maximum Gasteiger partial charge on any atom is 0.0746 e. The summed E-state index contributed by atoms with van der Waals surface area (Å²) in [6.07, 6.45) is 6.60. The molecule has 0 aromatic carbocycles. The molecule has 4 aliphatic carbocycles. The fourth-order valence-electron chi connectivity index (χ4n) is 7.28. The van der Waals surface area contributed by atoms with E-state index in [1.807, 2.05) is 6.92 Å². The number of aliphatic hydroxyl groups excluding tert-OH is 4. The molecule has 4 N–H and O–H groups in total. The summed E-state index contributed by atoms with van der Waals surface area (Å²) in [5, 5.41) is 43.0. The Morgan fingerprint density at radius 1 is 0.917 bits per heavy atom. The lowest BCUT2D eigenvalue weighted by atomic mass is 9.38. The van der Waals surface area contributed by atoms with Gasteiger partial charge in [-0.15, -0.1) is 0 Å². The van der Waals surface area contributed by atoms with Gasteiger partial charge in [0, 0.05) is 16.2 Å². The summed E-state index contributed by atoms with van der Waals surface area (Å²) >= 11 is 0. The minimum atomic E-state index is -0.620. The van der Waals surface area contributed by atoms with Crippen LogP contribution in [0.15, 0.2) is 12.2 Å². The van der Waals surface area contributed by atoms with Crippen LogP contribution in [0.5, 0.6) is 0 Å². The molecule has 4 nitrogen and oxygen atoms in total. The quantitative estimate of drug-likeness (QED) is 0.551. The second kappa shape index (κ2) is 4.85. The van der Waals surface area contributed by atoms with Crippen LogP contribution in [-0.4, -0.2) is 45.3 Å². The smallest absolute Gasteiger partial charge is 0.0746 e. The SMILES string of the molecule is C[C@@]1(CO)[C@H]2C[C@H](O)[C@@]34C=C[C@@](C)(CC[C@H]3[C@]2(C)CC[C@H]1O)[C@@H]4O. The summed E-state index contributed by atoms with van der Waals surface area (Å²) in [6.45, 7) is 6.29. The van der Waals surface area contributed by atoms with Crippen LogP contribution in [-0.2, 0) is 0 Å². The first-order valence-electron chi connectivity index (χ1n) is 9.50. The predicted molar refractivity (Wildman–Crippen MR) is 91.1 cm³/mol. The van der Waals surface area contributed by atoms with Crippen LogP contribution in [0.3, 0.4) is 0 Å². The third kappa shape index (κ3) is 1.69. The summed E-state index contributed by atoms with van der Waals surface area (Å²) in [5.74, 6) is 0.258. The normalized spacial score (nSPS) is 62.2. The van der Waals surface area contributed by atoms with Gasteiger partial charge < -0.3 is 20.4 Å². The Morgan fingerprint density at radius 2 is 1.62 bits per heavy atom. The van der Waals surface area contributed by atoms with E-state index in [1.165, 1.54) is 0 Å². The molecule has 2 bridgehead atoms. The lowest BCUT2D eigenvalue weighted by Crippen LogP contribution is -2.68. The molecule has 0 amide bonds. The van der Waals surface area contributed by atoms with Gasteiger partial charge in [0.1, 0.15) is 0 Å². The lowest BCUT2D eigenvalue weighted by Gasteiger charge is -2.67. The molecule has 3 fully saturated rings. The summed E-state index contributed by atoms with van der Waals surface area (Å²) in [7, 11) is 0.